The van der Waals surface area contributed by atoms with Crippen molar-refractivity contribution in [1.82, 2.24) is 0 Å². The molecule has 0 saturated carbocycles. The molecule has 10 heavy (non-hydrogen) atoms. The normalized spacial score (nSPS) is 29.8. The first-order valence-corrected chi connectivity index (χ1v) is 3.52. The first kappa shape index (κ1) is 9.73. The van der Waals surface area contributed by atoms with Crippen LogP contribution in [0.3, 0.4) is 0 Å². The quantitative estimate of drug-likeness (QED) is 0.419. The van der Waals surface area contributed by atoms with Gasteiger partial charge in [-0.3, -0.25) is 0 Å². The Balaban J connectivity index is 0.000000810. The first-order chi connectivity index (χ1) is 4.33. The monoisotopic (exact) mass is 159 g/mol. The van der Waals surface area contributed by atoms with E-state index in [0.29, 0.717) is 12.0 Å². The van der Waals surface area contributed by atoms with Crippen LogP contribution < -0.4 is 18.1 Å². The maximum Gasteiger partial charge on any atom is 0.122 e. The van der Waals surface area contributed by atoms with Gasteiger partial charge >= 0.3 is 0 Å². The van der Waals surface area contributed by atoms with E-state index in [1.807, 2.05) is 0 Å². The Hall–Kier alpha value is -0.270. The summed E-state index contributed by atoms with van der Waals surface area (Å²) in [5.74, 6) is 0.669. The molecule has 1 aliphatic carbocycles. The van der Waals surface area contributed by atoms with Crippen LogP contribution in [0.15, 0.2) is 24.3 Å². The summed E-state index contributed by atoms with van der Waals surface area (Å²) in [6.45, 7) is 2.20. The van der Waals surface area contributed by atoms with Crippen LogP contribution >= 0.6 is 0 Å². The van der Waals surface area contributed by atoms with Gasteiger partial charge < -0.3 is 18.1 Å². The lowest BCUT2D eigenvalue weighted by molar-refractivity contribution is -0.387. The van der Waals surface area contributed by atoms with Crippen molar-refractivity contribution in [2.24, 2.45) is 5.92 Å². The number of hydrogen-bond donors (Lipinski definition) is 1. The van der Waals surface area contributed by atoms with E-state index < -0.39 is 0 Å². The highest BCUT2D eigenvalue weighted by Gasteiger charge is 2.04. The first-order valence-electron chi connectivity index (χ1n) is 3.52. The highest BCUT2D eigenvalue weighted by molar-refractivity contribution is 5.13. The summed E-state index contributed by atoms with van der Waals surface area (Å²) in [6.07, 6.45) is 10.00. The molecule has 0 atom stereocenters. The van der Waals surface area contributed by atoms with Gasteiger partial charge in [-0.15, -0.1) is 0 Å². The van der Waals surface area contributed by atoms with Gasteiger partial charge in [0, 0.05) is 0 Å². The highest BCUT2D eigenvalue weighted by Crippen LogP contribution is 2.10. The van der Waals surface area contributed by atoms with Crippen molar-refractivity contribution < 1.29 is 18.1 Å². The molecule has 0 aromatic carbocycles. The summed E-state index contributed by atoms with van der Waals surface area (Å²) in [5, 5.41) is 0. The topological polar surface area (TPSA) is 27.6 Å². The lowest BCUT2D eigenvalue weighted by atomic mass is 9.99. The summed E-state index contributed by atoms with van der Waals surface area (Å²) in [4.78, 5) is 0. The van der Waals surface area contributed by atoms with E-state index in [4.69, 9.17) is 0 Å². The molecule has 0 radical (unpaired) electrons. The third kappa shape index (κ3) is 2.54. The molecule has 58 valence electrons. The highest BCUT2D eigenvalue weighted by atomic mass is 35.5. The molecule has 0 bridgehead atoms. The van der Waals surface area contributed by atoms with E-state index >= 15 is 0 Å². The van der Waals surface area contributed by atoms with Crippen molar-refractivity contribution in [3.8, 4) is 0 Å². The number of hydrogen-bond acceptors (Lipinski definition) is 0. The predicted molar refractivity (Wildman–Crippen MR) is 38.7 cm³/mol. The Labute approximate surface area is 68.4 Å². The van der Waals surface area contributed by atoms with Crippen molar-refractivity contribution in [1.29, 1.82) is 0 Å². The number of rotatable bonds is 1. The van der Waals surface area contributed by atoms with Crippen LogP contribution in [-0.4, -0.2) is 6.04 Å². The van der Waals surface area contributed by atoms with Crippen LogP contribution in [-0.2, 0) is 0 Å². The van der Waals surface area contributed by atoms with E-state index in [1.54, 1.807) is 0 Å². The summed E-state index contributed by atoms with van der Waals surface area (Å²) in [5.41, 5.74) is 3.89. The molecule has 0 unspecified atom stereocenters. The van der Waals surface area contributed by atoms with Crippen molar-refractivity contribution in [3.05, 3.63) is 24.3 Å². The van der Waals surface area contributed by atoms with Gasteiger partial charge in [-0.2, -0.15) is 0 Å². The Morgan fingerprint density at radius 1 is 1.20 bits per heavy atom. The zero-order valence-corrected chi connectivity index (χ0v) is 7.01. The summed E-state index contributed by atoms with van der Waals surface area (Å²) in [6, 6.07) is 0.410. The molecule has 0 fully saturated rings. The molecule has 2 heteroatoms. The van der Waals surface area contributed by atoms with Gasteiger partial charge in [0.15, 0.2) is 0 Å². The van der Waals surface area contributed by atoms with Gasteiger partial charge in [-0.1, -0.05) is 19.1 Å². The van der Waals surface area contributed by atoms with E-state index in [-0.39, 0.29) is 12.4 Å². The maximum atomic E-state index is 3.89. The average Bonchev–Trinajstić information content (AvgIpc) is 1.90. The van der Waals surface area contributed by atoms with E-state index in [9.17, 15) is 0 Å². The fraction of sp³-hybridized carbons (Fsp3) is 0.500. The van der Waals surface area contributed by atoms with Crippen molar-refractivity contribution in [2.45, 2.75) is 19.4 Å². The Kier molecular flexibility index (Phi) is 4.41. The van der Waals surface area contributed by atoms with E-state index in [1.165, 1.54) is 6.42 Å². The largest absolute Gasteiger partial charge is 1.00 e. The molecule has 0 aliphatic heterocycles. The second-order valence-electron chi connectivity index (χ2n) is 2.51. The molecule has 0 aromatic heterocycles. The van der Waals surface area contributed by atoms with Crippen LogP contribution in [0.1, 0.15) is 13.3 Å². The maximum absolute atomic E-state index is 3.89. The van der Waals surface area contributed by atoms with Crippen LogP contribution in [0.5, 0.6) is 0 Å². The van der Waals surface area contributed by atoms with E-state index in [0.717, 1.165) is 0 Å². The summed E-state index contributed by atoms with van der Waals surface area (Å²) >= 11 is 0. The summed E-state index contributed by atoms with van der Waals surface area (Å²) < 4.78 is 0. The van der Waals surface area contributed by atoms with Crippen molar-refractivity contribution >= 4 is 0 Å². The minimum Gasteiger partial charge on any atom is -1.00 e. The van der Waals surface area contributed by atoms with Gasteiger partial charge in [0.2, 0.25) is 0 Å². The van der Waals surface area contributed by atoms with Crippen LogP contribution in [0.4, 0.5) is 0 Å². The number of quaternary nitrogens is 1. The van der Waals surface area contributed by atoms with Crippen LogP contribution in [0, 0.1) is 5.92 Å². The van der Waals surface area contributed by atoms with Crippen LogP contribution in [0.25, 0.3) is 0 Å². The minimum atomic E-state index is 0. The lowest BCUT2D eigenvalue weighted by Gasteiger charge is -2.08. The smallest absolute Gasteiger partial charge is 0.122 e. The second-order valence-corrected chi connectivity index (χ2v) is 2.51. The number of allylic oxidation sites excluding steroid dienone is 2. The molecule has 0 spiro atoms. The molecule has 1 nitrogen and oxygen atoms in total. The van der Waals surface area contributed by atoms with E-state index in [2.05, 4.69) is 37.0 Å². The van der Waals surface area contributed by atoms with Gasteiger partial charge in [0.25, 0.3) is 0 Å². The Bertz CT molecular complexity index is 126. The third-order valence-corrected chi connectivity index (χ3v) is 1.68. The minimum absolute atomic E-state index is 0. The van der Waals surface area contributed by atoms with Gasteiger partial charge in [-0.25, -0.2) is 0 Å². The van der Waals surface area contributed by atoms with Crippen molar-refractivity contribution in [3.63, 3.8) is 0 Å². The SMILES string of the molecule is CCC1C=CC([NH3+])C=C1.[Cl-]. The second kappa shape index (κ2) is 4.53. The average molecular weight is 160 g/mol. The fourth-order valence-electron chi connectivity index (χ4n) is 0.971. The van der Waals surface area contributed by atoms with Gasteiger partial charge in [0.05, 0.1) is 0 Å². The predicted octanol–water partition coefficient (Wildman–Crippen LogP) is -2.25. The molecule has 0 saturated heterocycles. The third-order valence-electron chi connectivity index (χ3n) is 1.68. The molecule has 3 N–H and O–H groups in total. The zero-order valence-electron chi connectivity index (χ0n) is 6.26. The molecule has 0 aromatic rings. The van der Waals surface area contributed by atoms with Gasteiger partial charge in [0.1, 0.15) is 6.04 Å². The Morgan fingerprint density at radius 3 is 2.10 bits per heavy atom. The standard InChI is InChI=1S/C8H13N.ClH/c1-2-7-3-5-8(9)6-4-7;/h3-8H,2,9H2,1H3;1H. The molecular weight excluding hydrogens is 146 g/mol. The fourth-order valence-corrected chi connectivity index (χ4v) is 0.971. The van der Waals surface area contributed by atoms with Gasteiger partial charge in [-0.05, 0) is 24.5 Å². The van der Waals surface area contributed by atoms with Crippen molar-refractivity contribution in [2.75, 3.05) is 0 Å². The zero-order chi connectivity index (χ0) is 6.69. The molecule has 0 heterocycles. The molecule has 1 aliphatic rings. The molecule has 1 rings (SSSR count). The lowest BCUT2D eigenvalue weighted by Crippen LogP contribution is -3.00. The Morgan fingerprint density at radius 2 is 1.70 bits per heavy atom. The summed E-state index contributed by atoms with van der Waals surface area (Å²) in [7, 11) is 0. The molecule has 0 amide bonds. The van der Waals surface area contributed by atoms with Crippen LogP contribution in [0.2, 0.25) is 0 Å². The molecular formula is C8H14ClN. The number of halogens is 1.